The third-order valence-corrected chi connectivity index (χ3v) is 6.29. The Morgan fingerprint density at radius 2 is 2.00 bits per heavy atom. The molecular formula is C17H19F3N4OS2. The Morgan fingerprint density at radius 1 is 1.30 bits per heavy atom. The number of carbonyl (C=O) groups is 1. The van der Waals surface area contributed by atoms with Gasteiger partial charge in [-0.25, -0.2) is 0 Å². The zero-order valence-electron chi connectivity index (χ0n) is 14.6. The first-order valence-electron chi connectivity index (χ1n) is 8.50. The summed E-state index contributed by atoms with van der Waals surface area (Å²) in [4.78, 5) is 14.1. The van der Waals surface area contributed by atoms with E-state index in [2.05, 4.69) is 22.4 Å². The number of thioether (sulfide) groups is 1. The SMILES string of the molecule is CC1CCN(C(=O)CSc2nnc(Nc3ccccc3C(F)(F)F)s2)CC1. The fourth-order valence-electron chi connectivity index (χ4n) is 2.75. The van der Waals surface area contributed by atoms with Crippen molar-refractivity contribution in [1.29, 1.82) is 0 Å². The number of halogens is 3. The van der Waals surface area contributed by atoms with Gasteiger partial charge >= 0.3 is 6.18 Å². The van der Waals surface area contributed by atoms with Crippen LogP contribution in [0.15, 0.2) is 28.6 Å². The number of hydrogen-bond acceptors (Lipinski definition) is 6. The van der Waals surface area contributed by atoms with Gasteiger partial charge in [-0.3, -0.25) is 4.79 Å². The number of rotatable bonds is 5. The third kappa shape index (κ3) is 5.35. The van der Waals surface area contributed by atoms with Gasteiger partial charge in [0.1, 0.15) is 0 Å². The number of aromatic nitrogens is 2. The summed E-state index contributed by atoms with van der Waals surface area (Å²) < 4.78 is 39.7. The highest BCUT2D eigenvalue weighted by atomic mass is 32.2. The Labute approximate surface area is 163 Å². The number of hydrogen-bond donors (Lipinski definition) is 1. The molecule has 0 atom stereocenters. The highest BCUT2D eigenvalue weighted by Gasteiger charge is 2.33. The van der Waals surface area contributed by atoms with E-state index in [9.17, 15) is 18.0 Å². The summed E-state index contributed by atoms with van der Waals surface area (Å²) in [5.41, 5.74) is -0.833. The van der Waals surface area contributed by atoms with Crippen LogP contribution in [0.3, 0.4) is 0 Å². The Balaban J connectivity index is 1.57. The maximum atomic E-state index is 13.0. The van der Waals surface area contributed by atoms with Crippen molar-refractivity contribution in [3.8, 4) is 0 Å². The molecule has 0 radical (unpaired) electrons. The second-order valence-corrected chi connectivity index (χ2v) is 8.59. The van der Waals surface area contributed by atoms with Crippen LogP contribution in [-0.2, 0) is 11.0 Å². The van der Waals surface area contributed by atoms with Crippen molar-refractivity contribution in [2.75, 3.05) is 24.2 Å². The molecule has 0 unspecified atom stereocenters. The monoisotopic (exact) mass is 416 g/mol. The Bertz CT molecular complexity index is 788. The topological polar surface area (TPSA) is 58.1 Å². The van der Waals surface area contributed by atoms with Gasteiger partial charge in [0.05, 0.1) is 17.0 Å². The molecule has 146 valence electrons. The molecule has 1 aromatic carbocycles. The summed E-state index contributed by atoms with van der Waals surface area (Å²) in [6, 6.07) is 5.21. The van der Waals surface area contributed by atoms with E-state index >= 15 is 0 Å². The Hall–Kier alpha value is -1.81. The highest BCUT2D eigenvalue weighted by molar-refractivity contribution is 8.01. The molecule has 0 aliphatic carbocycles. The van der Waals surface area contributed by atoms with Gasteiger partial charge < -0.3 is 10.2 Å². The van der Waals surface area contributed by atoms with Crippen LogP contribution in [0.2, 0.25) is 0 Å². The van der Waals surface area contributed by atoms with Crippen LogP contribution in [0, 0.1) is 5.92 Å². The number of amides is 1. The molecule has 10 heteroatoms. The van der Waals surface area contributed by atoms with E-state index in [-0.39, 0.29) is 22.5 Å². The number of nitrogens with one attached hydrogen (secondary N) is 1. The van der Waals surface area contributed by atoms with Crippen LogP contribution < -0.4 is 5.32 Å². The predicted molar refractivity (Wildman–Crippen MR) is 100 cm³/mol. The summed E-state index contributed by atoms with van der Waals surface area (Å²) in [5, 5.41) is 10.8. The lowest BCUT2D eigenvalue weighted by molar-refractivity contribution is -0.137. The molecule has 1 aliphatic heterocycles. The van der Waals surface area contributed by atoms with Crippen LogP contribution in [-0.4, -0.2) is 39.8 Å². The molecule has 2 heterocycles. The zero-order chi connectivity index (χ0) is 19.4. The first-order chi connectivity index (χ1) is 12.8. The van der Waals surface area contributed by atoms with Gasteiger partial charge in [0, 0.05) is 13.1 Å². The minimum atomic E-state index is -4.45. The molecule has 2 aromatic rings. The van der Waals surface area contributed by atoms with Gasteiger partial charge in [-0.05, 0) is 30.9 Å². The Kier molecular flexibility index (Phi) is 6.25. The second kappa shape index (κ2) is 8.47. The number of benzene rings is 1. The first-order valence-corrected chi connectivity index (χ1v) is 10.3. The summed E-state index contributed by atoms with van der Waals surface area (Å²) >= 11 is 2.38. The molecular weight excluding hydrogens is 397 g/mol. The predicted octanol–water partition coefficient (Wildman–Crippen LogP) is 4.65. The summed E-state index contributed by atoms with van der Waals surface area (Å²) in [5.74, 6) is 0.958. The van der Waals surface area contributed by atoms with Crippen molar-refractivity contribution < 1.29 is 18.0 Å². The molecule has 0 bridgehead atoms. The third-order valence-electron chi connectivity index (χ3n) is 4.34. The summed E-state index contributed by atoms with van der Waals surface area (Å²) in [6.07, 6.45) is -2.42. The van der Waals surface area contributed by atoms with Crippen molar-refractivity contribution in [1.82, 2.24) is 15.1 Å². The normalized spacial score (nSPS) is 15.8. The van der Waals surface area contributed by atoms with E-state index in [1.165, 1.54) is 30.0 Å². The van der Waals surface area contributed by atoms with Crippen molar-refractivity contribution in [2.45, 2.75) is 30.3 Å². The molecule has 27 heavy (non-hydrogen) atoms. The molecule has 1 fully saturated rings. The lowest BCUT2D eigenvalue weighted by Gasteiger charge is -2.30. The maximum absolute atomic E-state index is 13.0. The average molecular weight is 416 g/mol. The van der Waals surface area contributed by atoms with Crippen LogP contribution in [0.5, 0.6) is 0 Å². The quantitative estimate of drug-likeness (QED) is 0.719. The number of para-hydroxylation sites is 1. The van der Waals surface area contributed by atoms with E-state index in [1.807, 2.05) is 4.90 Å². The minimum absolute atomic E-state index is 0.0547. The number of alkyl halides is 3. The minimum Gasteiger partial charge on any atom is -0.342 e. The van der Waals surface area contributed by atoms with Crippen LogP contribution in [0.1, 0.15) is 25.3 Å². The summed E-state index contributed by atoms with van der Waals surface area (Å²) in [7, 11) is 0. The average Bonchev–Trinajstić information content (AvgIpc) is 3.07. The largest absolute Gasteiger partial charge is 0.418 e. The number of carbonyl (C=O) groups excluding carboxylic acids is 1. The lowest BCUT2D eigenvalue weighted by atomic mass is 9.99. The van der Waals surface area contributed by atoms with E-state index in [0.717, 1.165) is 43.3 Å². The van der Waals surface area contributed by atoms with Gasteiger partial charge in [0.25, 0.3) is 0 Å². The van der Waals surface area contributed by atoms with Gasteiger partial charge in [-0.1, -0.05) is 42.2 Å². The van der Waals surface area contributed by atoms with E-state index < -0.39 is 11.7 Å². The summed E-state index contributed by atoms with van der Waals surface area (Å²) in [6.45, 7) is 3.73. The van der Waals surface area contributed by atoms with Crippen molar-refractivity contribution in [2.24, 2.45) is 5.92 Å². The van der Waals surface area contributed by atoms with Crippen LogP contribution in [0.4, 0.5) is 24.0 Å². The van der Waals surface area contributed by atoms with E-state index in [0.29, 0.717) is 10.3 Å². The van der Waals surface area contributed by atoms with Gasteiger partial charge in [-0.2, -0.15) is 13.2 Å². The van der Waals surface area contributed by atoms with Crippen LogP contribution in [0.25, 0.3) is 0 Å². The second-order valence-electron chi connectivity index (χ2n) is 6.39. The first kappa shape index (κ1) is 19.9. The Morgan fingerprint density at radius 3 is 2.70 bits per heavy atom. The molecule has 1 aliphatic rings. The number of nitrogens with zero attached hydrogens (tertiary/aromatic N) is 3. The lowest BCUT2D eigenvalue weighted by Crippen LogP contribution is -2.38. The molecule has 1 amide bonds. The highest BCUT2D eigenvalue weighted by Crippen LogP contribution is 2.37. The van der Waals surface area contributed by atoms with E-state index in [1.54, 1.807) is 0 Å². The molecule has 1 N–H and O–H groups in total. The molecule has 0 spiro atoms. The van der Waals surface area contributed by atoms with E-state index in [4.69, 9.17) is 0 Å². The molecule has 1 aromatic heterocycles. The fraction of sp³-hybridized carbons (Fsp3) is 0.471. The standard InChI is InChI=1S/C17H19F3N4OS2/c1-11-6-8-24(9-7-11)14(25)10-26-16-23-22-15(27-16)21-13-5-3-2-4-12(13)17(18,19)20/h2-5,11H,6-10H2,1H3,(H,21,22). The van der Waals surface area contributed by atoms with Crippen molar-refractivity contribution in [3.05, 3.63) is 29.8 Å². The fourth-order valence-corrected chi connectivity index (χ4v) is 4.41. The molecule has 3 rings (SSSR count). The molecule has 5 nitrogen and oxygen atoms in total. The van der Waals surface area contributed by atoms with Crippen molar-refractivity contribution in [3.63, 3.8) is 0 Å². The van der Waals surface area contributed by atoms with Gasteiger partial charge in [0.15, 0.2) is 4.34 Å². The number of piperidine rings is 1. The van der Waals surface area contributed by atoms with Crippen LogP contribution >= 0.6 is 23.1 Å². The van der Waals surface area contributed by atoms with Crippen molar-refractivity contribution >= 4 is 39.8 Å². The maximum Gasteiger partial charge on any atom is 0.418 e. The zero-order valence-corrected chi connectivity index (χ0v) is 16.3. The number of anilines is 2. The number of likely N-dealkylation sites (tertiary alicyclic amines) is 1. The molecule has 0 saturated carbocycles. The smallest absolute Gasteiger partial charge is 0.342 e. The molecule has 1 saturated heterocycles. The van der Waals surface area contributed by atoms with Gasteiger partial charge in [-0.15, -0.1) is 10.2 Å². The van der Waals surface area contributed by atoms with Gasteiger partial charge in [0.2, 0.25) is 11.0 Å².